The predicted octanol–water partition coefficient (Wildman–Crippen LogP) is 2.45. The van der Waals surface area contributed by atoms with E-state index in [0.717, 1.165) is 5.56 Å². The van der Waals surface area contributed by atoms with Crippen LogP contribution in [0.4, 0.5) is 5.69 Å². The maximum atomic E-state index is 12.4. The smallest absolute Gasteiger partial charge is 0.338 e. The maximum absolute atomic E-state index is 12.4. The standard InChI is InChI=1S/C20H21NO6S/c1-3-28(24,25)21-10-9-14-11-15(7-8-18(14)21)19(22)13-27-20(23)16-5-4-6-17(12-16)26-2/h4-8,11-12H,3,9-10,13H2,1-2H3. The number of hydrogen-bond acceptors (Lipinski definition) is 6. The molecule has 0 unspecified atom stereocenters. The number of carbonyl (C=O) groups excluding carboxylic acids is 2. The number of nitrogens with zero attached hydrogens (tertiary/aromatic N) is 1. The predicted molar refractivity (Wildman–Crippen MR) is 105 cm³/mol. The zero-order chi connectivity index (χ0) is 20.3. The molecule has 28 heavy (non-hydrogen) atoms. The molecule has 148 valence electrons. The molecule has 1 heterocycles. The Labute approximate surface area is 163 Å². The second kappa shape index (κ2) is 8.02. The Balaban J connectivity index is 1.68. The minimum Gasteiger partial charge on any atom is -0.497 e. The highest BCUT2D eigenvalue weighted by Crippen LogP contribution is 2.31. The van der Waals surface area contributed by atoms with Crippen molar-refractivity contribution in [2.45, 2.75) is 13.3 Å². The van der Waals surface area contributed by atoms with E-state index in [0.29, 0.717) is 35.5 Å². The number of ether oxygens (including phenoxy) is 2. The van der Waals surface area contributed by atoms with E-state index in [1.807, 2.05) is 0 Å². The maximum Gasteiger partial charge on any atom is 0.338 e. The minimum atomic E-state index is -3.33. The van der Waals surface area contributed by atoms with Gasteiger partial charge in [0.1, 0.15) is 5.75 Å². The molecule has 0 N–H and O–H groups in total. The quantitative estimate of drug-likeness (QED) is 0.521. The SMILES string of the molecule is CCS(=O)(=O)N1CCc2cc(C(=O)COC(=O)c3cccc(OC)c3)ccc21. The molecule has 0 bridgehead atoms. The summed E-state index contributed by atoms with van der Waals surface area (Å²) in [6, 6.07) is 11.3. The summed E-state index contributed by atoms with van der Waals surface area (Å²) in [4.78, 5) is 24.5. The molecule has 2 aromatic rings. The van der Waals surface area contributed by atoms with E-state index < -0.39 is 22.6 Å². The van der Waals surface area contributed by atoms with Gasteiger partial charge in [0.25, 0.3) is 0 Å². The molecule has 0 aromatic heterocycles. The lowest BCUT2D eigenvalue weighted by Gasteiger charge is -2.18. The van der Waals surface area contributed by atoms with Crippen LogP contribution in [0.1, 0.15) is 33.2 Å². The number of fused-ring (bicyclic) bond motifs is 1. The van der Waals surface area contributed by atoms with Gasteiger partial charge in [-0.2, -0.15) is 0 Å². The fraction of sp³-hybridized carbons (Fsp3) is 0.300. The fourth-order valence-corrected chi connectivity index (χ4v) is 4.20. The van der Waals surface area contributed by atoms with Crippen LogP contribution in [-0.4, -0.2) is 46.2 Å². The highest BCUT2D eigenvalue weighted by atomic mass is 32.2. The zero-order valence-electron chi connectivity index (χ0n) is 15.7. The number of carbonyl (C=O) groups is 2. The second-order valence-electron chi connectivity index (χ2n) is 6.30. The first-order valence-corrected chi connectivity index (χ1v) is 10.4. The van der Waals surface area contributed by atoms with Gasteiger partial charge in [-0.05, 0) is 55.3 Å². The van der Waals surface area contributed by atoms with Crippen LogP contribution in [0.15, 0.2) is 42.5 Å². The van der Waals surface area contributed by atoms with Crippen LogP contribution in [0.2, 0.25) is 0 Å². The summed E-state index contributed by atoms with van der Waals surface area (Å²) < 4.78 is 35.8. The Morgan fingerprint density at radius 1 is 1.11 bits per heavy atom. The number of rotatable bonds is 7. The Bertz CT molecular complexity index is 1020. The highest BCUT2D eigenvalue weighted by Gasteiger charge is 2.28. The molecule has 1 aliphatic heterocycles. The second-order valence-corrected chi connectivity index (χ2v) is 8.48. The van der Waals surface area contributed by atoms with Gasteiger partial charge in [0.2, 0.25) is 10.0 Å². The third kappa shape index (κ3) is 4.01. The summed E-state index contributed by atoms with van der Waals surface area (Å²) >= 11 is 0. The van der Waals surface area contributed by atoms with Crippen LogP contribution in [0.3, 0.4) is 0 Å². The normalized spacial score (nSPS) is 13.1. The van der Waals surface area contributed by atoms with E-state index in [9.17, 15) is 18.0 Å². The van der Waals surface area contributed by atoms with Crippen LogP contribution in [0.5, 0.6) is 5.75 Å². The van der Waals surface area contributed by atoms with Crippen LogP contribution in [-0.2, 0) is 21.2 Å². The lowest BCUT2D eigenvalue weighted by molar-refractivity contribution is 0.0474. The molecular weight excluding hydrogens is 382 g/mol. The van der Waals surface area contributed by atoms with Gasteiger partial charge in [-0.25, -0.2) is 13.2 Å². The van der Waals surface area contributed by atoms with Crippen molar-refractivity contribution in [3.05, 3.63) is 59.2 Å². The Morgan fingerprint density at radius 3 is 2.61 bits per heavy atom. The number of benzene rings is 2. The average molecular weight is 403 g/mol. The first-order chi connectivity index (χ1) is 13.4. The van der Waals surface area contributed by atoms with Crippen molar-refractivity contribution in [3.8, 4) is 5.75 Å². The third-order valence-electron chi connectivity index (χ3n) is 4.59. The third-order valence-corrected chi connectivity index (χ3v) is 6.38. The van der Waals surface area contributed by atoms with E-state index in [2.05, 4.69) is 0 Å². The molecule has 0 radical (unpaired) electrons. The largest absolute Gasteiger partial charge is 0.497 e. The van der Waals surface area contributed by atoms with Gasteiger partial charge in [-0.15, -0.1) is 0 Å². The lowest BCUT2D eigenvalue weighted by atomic mass is 10.1. The van der Waals surface area contributed by atoms with Crippen molar-refractivity contribution in [1.82, 2.24) is 0 Å². The summed E-state index contributed by atoms with van der Waals surface area (Å²) in [6.45, 7) is 1.57. The van der Waals surface area contributed by atoms with Crippen molar-refractivity contribution in [2.75, 3.05) is 30.3 Å². The molecule has 0 aliphatic carbocycles. The van der Waals surface area contributed by atoms with Crippen molar-refractivity contribution < 1.29 is 27.5 Å². The van der Waals surface area contributed by atoms with Crippen molar-refractivity contribution in [3.63, 3.8) is 0 Å². The van der Waals surface area contributed by atoms with Gasteiger partial charge in [-0.1, -0.05) is 6.07 Å². The Hall–Kier alpha value is -2.87. The van der Waals surface area contributed by atoms with Gasteiger partial charge in [0, 0.05) is 12.1 Å². The van der Waals surface area contributed by atoms with E-state index in [4.69, 9.17) is 9.47 Å². The number of sulfonamides is 1. The van der Waals surface area contributed by atoms with Crippen LogP contribution >= 0.6 is 0 Å². The average Bonchev–Trinajstić information content (AvgIpc) is 3.15. The first kappa shape index (κ1) is 19.9. The van der Waals surface area contributed by atoms with Crippen LogP contribution in [0.25, 0.3) is 0 Å². The van der Waals surface area contributed by atoms with Crippen LogP contribution < -0.4 is 9.04 Å². The fourth-order valence-electron chi connectivity index (χ4n) is 3.04. The minimum absolute atomic E-state index is 0.0212. The highest BCUT2D eigenvalue weighted by molar-refractivity contribution is 7.92. The van der Waals surface area contributed by atoms with Crippen LogP contribution in [0, 0.1) is 0 Å². The van der Waals surface area contributed by atoms with E-state index in [1.54, 1.807) is 43.3 Å². The van der Waals surface area contributed by atoms with Crippen molar-refractivity contribution in [2.24, 2.45) is 0 Å². The molecular formula is C20H21NO6S. The number of esters is 1. The van der Waals surface area contributed by atoms with Gasteiger partial charge in [-0.3, -0.25) is 9.10 Å². The Morgan fingerprint density at radius 2 is 1.89 bits per heavy atom. The topological polar surface area (TPSA) is 90.0 Å². The molecule has 0 spiro atoms. The molecule has 0 amide bonds. The summed E-state index contributed by atoms with van der Waals surface area (Å²) in [5, 5.41) is 0. The molecule has 0 saturated carbocycles. The zero-order valence-corrected chi connectivity index (χ0v) is 16.5. The number of methoxy groups -OCH3 is 1. The molecule has 7 nitrogen and oxygen atoms in total. The molecule has 0 saturated heterocycles. The molecule has 0 fully saturated rings. The number of hydrogen-bond donors (Lipinski definition) is 0. The van der Waals surface area contributed by atoms with E-state index >= 15 is 0 Å². The van der Waals surface area contributed by atoms with Crippen molar-refractivity contribution in [1.29, 1.82) is 0 Å². The first-order valence-electron chi connectivity index (χ1n) is 8.83. The molecule has 8 heteroatoms. The molecule has 3 rings (SSSR count). The number of anilines is 1. The Kier molecular flexibility index (Phi) is 5.69. The summed E-state index contributed by atoms with van der Waals surface area (Å²) in [6.07, 6.45) is 0.541. The molecule has 1 aliphatic rings. The van der Waals surface area contributed by atoms with E-state index in [-0.39, 0.29) is 11.5 Å². The van der Waals surface area contributed by atoms with Gasteiger partial charge >= 0.3 is 5.97 Å². The number of Topliss-reactive ketones (excluding diaryl/α,β-unsaturated/α-hetero) is 1. The number of ketones is 1. The summed E-state index contributed by atoms with van der Waals surface area (Å²) in [7, 11) is -1.84. The summed E-state index contributed by atoms with van der Waals surface area (Å²) in [5.41, 5.74) is 2.07. The monoisotopic (exact) mass is 403 g/mol. The lowest BCUT2D eigenvalue weighted by Crippen LogP contribution is -2.30. The van der Waals surface area contributed by atoms with Gasteiger partial charge in [0.05, 0.1) is 24.1 Å². The van der Waals surface area contributed by atoms with Crippen molar-refractivity contribution >= 4 is 27.5 Å². The van der Waals surface area contributed by atoms with E-state index in [1.165, 1.54) is 17.5 Å². The van der Waals surface area contributed by atoms with Gasteiger partial charge < -0.3 is 9.47 Å². The van der Waals surface area contributed by atoms with Gasteiger partial charge in [0.15, 0.2) is 12.4 Å². The molecule has 0 atom stereocenters. The molecule has 2 aromatic carbocycles. The summed E-state index contributed by atoms with van der Waals surface area (Å²) in [5.74, 6) is -0.427.